The van der Waals surface area contributed by atoms with E-state index in [0.717, 1.165) is 6.54 Å². The molecule has 0 amide bonds. The first-order valence-electron chi connectivity index (χ1n) is 3.67. The van der Waals surface area contributed by atoms with Crippen LogP contribution in [-0.4, -0.2) is 24.3 Å². The number of piperidine rings is 1. The highest BCUT2D eigenvalue weighted by Gasteiger charge is 2.15. The van der Waals surface area contributed by atoms with Crippen molar-refractivity contribution in [2.45, 2.75) is 25.8 Å². The molecule has 1 unspecified atom stereocenters. The minimum atomic E-state index is 0.347. The van der Waals surface area contributed by atoms with Crippen molar-refractivity contribution in [2.75, 3.05) is 13.2 Å². The van der Waals surface area contributed by atoms with Crippen molar-refractivity contribution in [1.29, 1.82) is 0 Å². The Bertz CT molecular complexity index is 77.0. The lowest BCUT2D eigenvalue weighted by molar-refractivity contribution is 0.186. The van der Waals surface area contributed by atoms with Gasteiger partial charge in [-0.3, -0.25) is 0 Å². The molecule has 0 saturated carbocycles. The van der Waals surface area contributed by atoms with E-state index in [4.69, 9.17) is 5.11 Å². The van der Waals surface area contributed by atoms with Gasteiger partial charge in [-0.15, -0.1) is 0 Å². The van der Waals surface area contributed by atoms with E-state index in [1.807, 2.05) is 0 Å². The Balaban J connectivity index is 2.18. The molecule has 0 bridgehead atoms. The van der Waals surface area contributed by atoms with Crippen molar-refractivity contribution in [3.8, 4) is 0 Å². The lowest BCUT2D eigenvalue weighted by Crippen LogP contribution is -2.38. The molecule has 1 rings (SSSR count). The molecule has 0 aromatic rings. The zero-order chi connectivity index (χ0) is 6.69. The van der Waals surface area contributed by atoms with Crippen LogP contribution in [-0.2, 0) is 0 Å². The second kappa shape index (κ2) is 3.18. The smallest absolute Gasteiger partial charge is 0.0471 e. The van der Waals surface area contributed by atoms with Crippen LogP contribution in [0, 0.1) is 5.92 Å². The van der Waals surface area contributed by atoms with Crippen molar-refractivity contribution < 1.29 is 5.11 Å². The van der Waals surface area contributed by atoms with Crippen molar-refractivity contribution in [2.24, 2.45) is 5.92 Å². The Hall–Kier alpha value is -0.0800. The molecule has 2 nitrogen and oxygen atoms in total. The second-order valence-electron chi connectivity index (χ2n) is 2.94. The van der Waals surface area contributed by atoms with E-state index in [9.17, 15) is 0 Å². The molecule has 1 saturated heterocycles. The lowest BCUT2D eigenvalue weighted by atomic mass is 9.96. The minimum absolute atomic E-state index is 0.347. The maximum atomic E-state index is 8.74. The summed E-state index contributed by atoms with van der Waals surface area (Å²) in [4.78, 5) is 0. The maximum Gasteiger partial charge on any atom is 0.0471 e. The zero-order valence-corrected chi connectivity index (χ0v) is 5.93. The Morgan fingerprint density at radius 2 is 2.33 bits per heavy atom. The first kappa shape index (κ1) is 7.03. The SMILES string of the molecule is C[C@@H]1CCC(CO)CN1. The summed E-state index contributed by atoms with van der Waals surface area (Å²) in [7, 11) is 0. The highest BCUT2D eigenvalue weighted by Crippen LogP contribution is 2.12. The maximum absolute atomic E-state index is 8.74. The van der Waals surface area contributed by atoms with Crippen molar-refractivity contribution >= 4 is 0 Å². The molecule has 2 atom stereocenters. The molecule has 0 spiro atoms. The summed E-state index contributed by atoms with van der Waals surface area (Å²) >= 11 is 0. The summed E-state index contributed by atoms with van der Waals surface area (Å²) in [6.07, 6.45) is 2.40. The van der Waals surface area contributed by atoms with Gasteiger partial charge in [0.25, 0.3) is 0 Å². The van der Waals surface area contributed by atoms with E-state index < -0.39 is 0 Å². The van der Waals surface area contributed by atoms with Crippen LogP contribution in [0.3, 0.4) is 0 Å². The van der Waals surface area contributed by atoms with E-state index in [-0.39, 0.29) is 0 Å². The van der Waals surface area contributed by atoms with Crippen LogP contribution >= 0.6 is 0 Å². The fourth-order valence-corrected chi connectivity index (χ4v) is 1.21. The molecule has 0 aromatic heterocycles. The van der Waals surface area contributed by atoms with Gasteiger partial charge in [-0.25, -0.2) is 0 Å². The molecule has 0 aliphatic carbocycles. The van der Waals surface area contributed by atoms with Crippen LogP contribution in [0.25, 0.3) is 0 Å². The van der Waals surface area contributed by atoms with E-state index in [1.165, 1.54) is 12.8 Å². The molecule has 0 aromatic carbocycles. The quantitative estimate of drug-likeness (QED) is 0.536. The van der Waals surface area contributed by atoms with Crippen LogP contribution in [0.4, 0.5) is 0 Å². The third kappa shape index (κ3) is 1.95. The molecular formula is C7H15NO. The highest BCUT2D eigenvalue weighted by atomic mass is 16.3. The molecule has 2 N–H and O–H groups in total. The third-order valence-corrected chi connectivity index (χ3v) is 2.02. The number of rotatable bonds is 1. The average molecular weight is 129 g/mol. The van der Waals surface area contributed by atoms with Gasteiger partial charge in [0.05, 0.1) is 0 Å². The van der Waals surface area contributed by atoms with Gasteiger partial charge in [-0.05, 0) is 25.7 Å². The standard InChI is InChI=1S/C7H15NO/c1-6-2-3-7(5-9)4-8-6/h6-9H,2-5H2,1H3/t6-,7?/m1/s1. The minimum Gasteiger partial charge on any atom is -0.396 e. The van der Waals surface area contributed by atoms with Crippen LogP contribution in [0.15, 0.2) is 0 Å². The second-order valence-corrected chi connectivity index (χ2v) is 2.94. The van der Waals surface area contributed by atoms with Gasteiger partial charge in [0.2, 0.25) is 0 Å². The fourth-order valence-electron chi connectivity index (χ4n) is 1.21. The van der Waals surface area contributed by atoms with E-state index in [2.05, 4.69) is 12.2 Å². The summed E-state index contributed by atoms with van der Waals surface area (Å²) in [5.74, 6) is 0.515. The van der Waals surface area contributed by atoms with Gasteiger partial charge in [0, 0.05) is 19.2 Å². The Morgan fingerprint density at radius 3 is 2.78 bits per heavy atom. The van der Waals surface area contributed by atoms with Crippen molar-refractivity contribution in [3.05, 3.63) is 0 Å². The van der Waals surface area contributed by atoms with Gasteiger partial charge in [-0.2, -0.15) is 0 Å². The van der Waals surface area contributed by atoms with Crippen molar-refractivity contribution in [3.63, 3.8) is 0 Å². The number of hydrogen-bond acceptors (Lipinski definition) is 2. The van der Waals surface area contributed by atoms with Crippen LogP contribution in [0.2, 0.25) is 0 Å². The number of aliphatic hydroxyl groups excluding tert-OH is 1. The molecule has 1 fully saturated rings. The number of nitrogens with one attached hydrogen (secondary N) is 1. The van der Waals surface area contributed by atoms with Gasteiger partial charge < -0.3 is 10.4 Å². The molecule has 0 radical (unpaired) electrons. The summed E-state index contributed by atoms with van der Waals surface area (Å²) < 4.78 is 0. The van der Waals surface area contributed by atoms with Gasteiger partial charge in [0.1, 0.15) is 0 Å². The van der Waals surface area contributed by atoms with Crippen LogP contribution in [0.5, 0.6) is 0 Å². The van der Waals surface area contributed by atoms with Gasteiger partial charge in [0.15, 0.2) is 0 Å². The molecule has 2 heteroatoms. The molecule has 1 aliphatic heterocycles. The topological polar surface area (TPSA) is 32.3 Å². The van der Waals surface area contributed by atoms with Crippen LogP contribution in [0.1, 0.15) is 19.8 Å². The van der Waals surface area contributed by atoms with Crippen LogP contribution < -0.4 is 5.32 Å². The molecule has 1 heterocycles. The molecule has 9 heavy (non-hydrogen) atoms. The molecule has 1 aliphatic rings. The normalized spacial score (nSPS) is 36.7. The molecular weight excluding hydrogens is 114 g/mol. The number of hydrogen-bond donors (Lipinski definition) is 2. The monoisotopic (exact) mass is 129 g/mol. The summed E-state index contributed by atoms with van der Waals surface area (Å²) in [5.41, 5.74) is 0. The van der Waals surface area contributed by atoms with Crippen molar-refractivity contribution in [1.82, 2.24) is 5.32 Å². The van der Waals surface area contributed by atoms with E-state index in [0.29, 0.717) is 18.6 Å². The first-order valence-corrected chi connectivity index (χ1v) is 3.67. The van der Waals surface area contributed by atoms with E-state index in [1.54, 1.807) is 0 Å². The zero-order valence-electron chi connectivity index (χ0n) is 5.93. The summed E-state index contributed by atoms with van der Waals surface area (Å²) in [6.45, 7) is 3.53. The first-order chi connectivity index (χ1) is 4.33. The predicted molar refractivity (Wildman–Crippen MR) is 37.3 cm³/mol. The van der Waals surface area contributed by atoms with Gasteiger partial charge in [-0.1, -0.05) is 0 Å². The summed E-state index contributed by atoms with van der Waals surface area (Å²) in [5, 5.41) is 12.1. The summed E-state index contributed by atoms with van der Waals surface area (Å²) in [6, 6.07) is 0.660. The largest absolute Gasteiger partial charge is 0.396 e. The number of aliphatic hydroxyl groups is 1. The molecule has 54 valence electrons. The van der Waals surface area contributed by atoms with E-state index >= 15 is 0 Å². The highest BCUT2D eigenvalue weighted by molar-refractivity contribution is 4.73. The lowest BCUT2D eigenvalue weighted by Gasteiger charge is -2.25. The predicted octanol–water partition coefficient (Wildman–Crippen LogP) is 0.367. The third-order valence-electron chi connectivity index (χ3n) is 2.02. The Morgan fingerprint density at radius 1 is 1.56 bits per heavy atom. The fraction of sp³-hybridized carbons (Fsp3) is 1.00. The Kier molecular flexibility index (Phi) is 2.49. The Labute approximate surface area is 56.3 Å². The average Bonchev–Trinajstić information content (AvgIpc) is 1.90. The van der Waals surface area contributed by atoms with Gasteiger partial charge >= 0.3 is 0 Å².